The highest BCUT2D eigenvalue weighted by atomic mass is 16.7. The Balaban J connectivity index is 0.928. The van der Waals surface area contributed by atoms with Crippen molar-refractivity contribution in [1.29, 1.82) is 0 Å². The highest BCUT2D eigenvalue weighted by Gasteiger charge is 2.72. The maximum Gasteiger partial charge on any atom is 0.187 e. The first-order valence-electron chi connectivity index (χ1n) is 19.9. The van der Waals surface area contributed by atoms with Crippen molar-refractivity contribution in [1.82, 2.24) is 0 Å². The molecular weight excluding hydrogens is 680 g/mol. The van der Waals surface area contributed by atoms with Gasteiger partial charge in [0.15, 0.2) is 18.4 Å². The Hall–Kier alpha value is -0.560. The predicted octanol–water partition coefficient (Wildman–Crippen LogP) is 0.0229. The molecule has 1 spiro atoms. The average molecular weight is 743 g/mol. The second kappa shape index (κ2) is 13.8. The quantitative estimate of drug-likeness (QED) is 0.175. The van der Waals surface area contributed by atoms with Gasteiger partial charge in [-0.05, 0) is 85.4 Å². The van der Waals surface area contributed by atoms with Gasteiger partial charge in [0.05, 0.1) is 44.2 Å². The lowest BCUT2D eigenvalue weighted by Gasteiger charge is -2.62. The lowest BCUT2D eigenvalue weighted by atomic mass is 9.44. The van der Waals surface area contributed by atoms with Crippen LogP contribution in [0.4, 0.5) is 0 Å². The van der Waals surface area contributed by atoms with Crippen molar-refractivity contribution < 1.29 is 69.3 Å². The molecule has 8 N–H and O–H groups in total. The smallest absolute Gasteiger partial charge is 0.187 e. The summed E-state index contributed by atoms with van der Waals surface area (Å²) in [5.74, 6) is 1.30. The molecule has 8 aliphatic rings. The van der Waals surface area contributed by atoms with E-state index in [1.165, 1.54) is 0 Å². The summed E-state index contributed by atoms with van der Waals surface area (Å²) in [5.41, 5.74) is -0.251. The molecule has 14 heteroatoms. The molecular formula is C38H62O14. The Morgan fingerprint density at radius 3 is 2.19 bits per heavy atom. The molecule has 0 aromatic heterocycles. The van der Waals surface area contributed by atoms with Crippen LogP contribution in [0.25, 0.3) is 0 Å². The fraction of sp³-hybridized carbons (Fsp3) is 1.00. The summed E-state index contributed by atoms with van der Waals surface area (Å²) in [7, 11) is 0. The molecule has 0 radical (unpaired) electrons. The first-order valence-corrected chi connectivity index (χ1v) is 19.9. The average Bonchev–Trinajstić information content (AvgIpc) is 3.52. The maximum absolute atomic E-state index is 12.1. The number of hydrogen-bond donors (Lipinski definition) is 8. The van der Waals surface area contributed by atoms with Gasteiger partial charge in [0.1, 0.15) is 42.7 Å². The fourth-order valence-corrected chi connectivity index (χ4v) is 13.0. The van der Waals surface area contributed by atoms with Crippen LogP contribution in [-0.2, 0) is 28.4 Å². The molecule has 4 saturated heterocycles. The van der Waals surface area contributed by atoms with E-state index < -0.39 is 86.0 Å². The van der Waals surface area contributed by atoms with Gasteiger partial charge in [0, 0.05) is 18.3 Å². The van der Waals surface area contributed by atoms with Crippen LogP contribution in [0.1, 0.15) is 79.1 Å². The molecule has 8 fully saturated rings. The highest BCUT2D eigenvalue weighted by molar-refractivity contribution is 5.19. The van der Waals surface area contributed by atoms with Crippen LogP contribution < -0.4 is 0 Å². The number of fused-ring (bicyclic) bond motifs is 7. The van der Waals surface area contributed by atoms with E-state index in [0.29, 0.717) is 37.2 Å². The standard InChI is InChI=1S/C38H62O14/c1-16-7-10-38(48-14-16)17(2)25-33(52-38)28(43)26-19-6-5-18-11-23(21(40)12-37(18,4)20(19)8-9-36(25,26)3)49-35-31(46)29(44)32(24(13-39)50-35)51-34-30(45)27(42)22(41)15-47-34/h16-35,39-46H,5-15H2,1-4H3/t16-,17+,18+,19-,20+,21-,22-,23-,24-,25+,26-,27+,28+,29-,30-,31-,32+,33-,34+,35-,36-,37+,38-/m1/s1. The second-order valence-electron chi connectivity index (χ2n) is 18.5. The Labute approximate surface area is 305 Å². The van der Waals surface area contributed by atoms with Gasteiger partial charge in [0.25, 0.3) is 0 Å². The van der Waals surface area contributed by atoms with Crippen LogP contribution in [0, 0.1) is 52.3 Å². The van der Waals surface area contributed by atoms with E-state index in [1.807, 2.05) is 0 Å². The van der Waals surface area contributed by atoms with Gasteiger partial charge < -0.3 is 69.3 Å². The molecule has 0 bridgehead atoms. The molecule has 0 amide bonds. The summed E-state index contributed by atoms with van der Waals surface area (Å²) in [6.07, 6.45) is -8.62. The van der Waals surface area contributed by atoms with E-state index in [9.17, 15) is 40.9 Å². The number of ether oxygens (including phenoxy) is 6. The fourth-order valence-electron chi connectivity index (χ4n) is 13.0. The lowest BCUT2D eigenvalue weighted by molar-refractivity contribution is -0.358. The van der Waals surface area contributed by atoms with E-state index in [2.05, 4.69) is 27.7 Å². The largest absolute Gasteiger partial charge is 0.394 e. The molecule has 4 heterocycles. The lowest BCUT2D eigenvalue weighted by Crippen LogP contribution is -2.64. The first kappa shape index (κ1) is 38.3. The topological polar surface area (TPSA) is 217 Å². The molecule has 298 valence electrons. The molecule has 23 atom stereocenters. The van der Waals surface area contributed by atoms with Crippen molar-refractivity contribution in [2.45, 2.75) is 165 Å². The minimum atomic E-state index is -1.64. The summed E-state index contributed by atoms with van der Waals surface area (Å²) in [5, 5.41) is 86.2. The zero-order valence-corrected chi connectivity index (χ0v) is 30.9. The third-order valence-corrected chi connectivity index (χ3v) is 15.8. The van der Waals surface area contributed by atoms with Crippen molar-refractivity contribution in [2.24, 2.45) is 52.3 Å². The molecule has 14 nitrogen and oxygen atoms in total. The molecule has 0 unspecified atom stereocenters. The highest BCUT2D eigenvalue weighted by Crippen LogP contribution is 2.71. The Morgan fingerprint density at radius 2 is 1.48 bits per heavy atom. The molecule has 8 rings (SSSR count). The third-order valence-electron chi connectivity index (χ3n) is 15.8. The van der Waals surface area contributed by atoms with Crippen LogP contribution in [-0.4, -0.2) is 146 Å². The van der Waals surface area contributed by atoms with Gasteiger partial charge in [-0.2, -0.15) is 0 Å². The first-order chi connectivity index (χ1) is 24.6. The minimum absolute atomic E-state index is 0.0644. The van der Waals surface area contributed by atoms with Gasteiger partial charge in [-0.3, -0.25) is 0 Å². The van der Waals surface area contributed by atoms with E-state index >= 15 is 0 Å². The summed E-state index contributed by atoms with van der Waals surface area (Å²) in [6.45, 7) is 8.92. The van der Waals surface area contributed by atoms with E-state index in [0.717, 1.165) is 38.5 Å². The van der Waals surface area contributed by atoms with Gasteiger partial charge in [-0.1, -0.05) is 27.7 Å². The van der Waals surface area contributed by atoms with Crippen molar-refractivity contribution in [3.05, 3.63) is 0 Å². The number of aliphatic hydroxyl groups is 8. The monoisotopic (exact) mass is 742 g/mol. The van der Waals surface area contributed by atoms with Crippen molar-refractivity contribution in [3.8, 4) is 0 Å². The van der Waals surface area contributed by atoms with E-state index in [1.54, 1.807) is 0 Å². The van der Waals surface area contributed by atoms with Crippen LogP contribution in [0.3, 0.4) is 0 Å². The summed E-state index contributed by atoms with van der Waals surface area (Å²) >= 11 is 0. The molecule has 0 aromatic carbocycles. The molecule has 0 aromatic rings. The van der Waals surface area contributed by atoms with E-state index in [4.69, 9.17) is 28.4 Å². The van der Waals surface area contributed by atoms with Crippen LogP contribution in [0.15, 0.2) is 0 Å². The van der Waals surface area contributed by atoms with E-state index in [-0.39, 0.29) is 47.2 Å². The molecule has 4 aliphatic carbocycles. The van der Waals surface area contributed by atoms with Crippen molar-refractivity contribution in [3.63, 3.8) is 0 Å². The van der Waals surface area contributed by atoms with Crippen molar-refractivity contribution in [2.75, 3.05) is 19.8 Å². The normalized spacial score (nSPS) is 60.5. The van der Waals surface area contributed by atoms with Crippen molar-refractivity contribution >= 4 is 0 Å². The summed E-state index contributed by atoms with van der Waals surface area (Å²) in [6, 6.07) is 0. The molecule has 52 heavy (non-hydrogen) atoms. The number of hydrogen-bond acceptors (Lipinski definition) is 14. The van der Waals surface area contributed by atoms with Gasteiger partial charge in [-0.15, -0.1) is 0 Å². The summed E-state index contributed by atoms with van der Waals surface area (Å²) < 4.78 is 36.4. The second-order valence-corrected chi connectivity index (χ2v) is 18.5. The van der Waals surface area contributed by atoms with Crippen LogP contribution in [0.2, 0.25) is 0 Å². The zero-order valence-electron chi connectivity index (χ0n) is 30.9. The van der Waals surface area contributed by atoms with Crippen LogP contribution >= 0.6 is 0 Å². The third kappa shape index (κ3) is 5.80. The van der Waals surface area contributed by atoms with Gasteiger partial charge in [0.2, 0.25) is 0 Å². The van der Waals surface area contributed by atoms with Crippen LogP contribution in [0.5, 0.6) is 0 Å². The Kier molecular flexibility index (Phi) is 10.2. The van der Waals surface area contributed by atoms with Gasteiger partial charge in [-0.25, -0.2) is 0 Å². The number of rotatable bonds is 5. The van der Waals surface area contributed by atoms with Gasteiger partial charge >= 0.3 is 0 Å². The Morgan fingerprint density at radius 1 is 0.731 bits per heavy atom. The zero-order chi connectivity index (χ0) is 37.1. The minimum Gasteiger partial charge on any atom is -0.394 e. The Bertz CT molecular complexity index is 1280. The maximum atomic E-state index is 12.1. The SMILES string of the molecule is C[C@@H]1CC[C@@]2(OC1)O[C@H]1[C@@H](O)[C@H]3[C@@H]4CC[C@H]5C[C@@H](O[C@@H]6O[C@H](CO)[C@H](O[C@@H]7OC[C@@H](O)[C@H](O)[C@H]7O)[C@H](O)[C@H]6O)[C@H](O)C[C@]5(C)[C@H]4CC[C@]3(C)[C@H]1[C@@H]2C. The molecule has 4 aliphatic heterocycles. The summed E-state index contributed by atoms with van der Waals surface area (Å²) in [4.78, 5) is 0. The predicted molar refractivity (Wildman–Crippen MR) is 180 cm³/mol. The number of aliphatic hydroxyl groups excluding tert-OH is 8. The molecule has 4 saturated carbocycles.